The third-order valence-electron chi connectivity index (χ3n) is 3.51. The van der Waals surface area contributed by atoms with Crippen molar-refractivity contribution >= 4 is 14.1 Å². The fourth-order valence-electron chi connectivity index (χ4n) is 1.27. The molecule has 1 rings (SSSR count). The Morgan fingerprint density at radius 3 is 2.40 bits per heavy atom. The summed E-state index contributed by atoms with van der Waals surface area (Å²) in [6.45, 7) is 11.6. The summed E-state index contributed by atoms with van der Waals surface area (Å²) in [5, 5.41) is 0.217. The summed E-state index contributed by atoms with van der Waals surface area (Å²) in [7, 11) is -1.70. The Morgan fingerprint density at radius 2 is 2.00 bits per heavy atom. The lowest BCUT2D eigenvalue weighted by atomic mass is 10.2. The first-order valence-electron chi connectivity index (χ1n) is 5.60. The first-order valence-corrected chi connectivity index (χ1v) is 8.51. The van der Waals surface area contributed by atoms with Gasteiger partial charge in [-0.1, -0.05) is 26.8 Å². The molecule has 0 unspecified atom stereocenters. The van der Waals surface area contributed by atoms with Crippen LogP contribution in [0.4, 0.5) is 0 Å². The van der Waals surface area contributed by atoms with Crippen molar-refractivity contribution < 1.29 is 9.22 Å². The predicted molar refractivity (Wildman–Crippen MR) is 65.5 cm³/mol. The van der Waals surface area contributed by atoms with Gasteiger partial charge in [0.1, 0.15) is 0 Å². The highest BCUT2D eigenvalue weighted by Crippen LogP contribution is 2.36. The SMILES string of the molecule is CC(C)(C)[Si](C)(C)OCC1=CCCC1=O. The Kier molecular flexibility index (Phi) is 3.56. The zero-order chi connectivity index (χ0) is 11.7. The summed E-state index contributed by atoms with van der Waals surface area (Å²) in [4.78, 5) is 11.4. The second kappa shape index (κ2) is 4.22. The molecule has 0 radical (unpaired) electrons. The van der Waals surface area contributed by atoms with Gasteiger partial charge in [-0.2, -0.15) is 0 Å². The maximum absolute atomic E-state index is 11.4. The van der Waals surface area contributed by atoms with Crippen molar-refractivity contribution in [3.05, 3.63) is 11.6 Å². The van der Waals surface area contributed by atoms with E-state index in [1.807, 2.05) is 6.08 Å². The maximum Gasteiger partial charge on any atom is 0.192 e. The predicted octanol–water partition coefficient (Wildman–Crippen LogP) is 3.30. The van der Waals surface area contributed by atoms with Crippen LogP contribution in [0.3, 0.4) is 0 Å². The van der Waals surface area contributed by atoms with Crippen LogP contribution in [0, 0.1) is 0 Å². The molecule has 0 heterocycles. The van der Waals surface area contributed by atoms with Crippen LogP contribution >= 0.6 is 0 Å². The molecule has 0 amide bonds. The van der Waals surface area contributed by atoms with Crippen LogP contribution < -0.4 is 0 Å². The van der Waals surface area contributed by atoms with Gasteiger partial charge in [0, 0.05) is 12.0 Å². The van der Waals surface area contributed by atoms with Gasteiger partial charge in [-0.15, -0.1) is 0 Å². The molecule has 0 aromatic rings. The number of carbonyl (C=O) groups excluding carboxylic acids is 1. The van der Waals surface area contributed by atoms with E-state index in [4.69, 9.17) is 4.43 Å². The summed E-state index contributed by atoms with van der Waals surface area (Å²) in [6.07, 6.45) is 3.60. The van der Waals surface area contributed by atoms with E-state index in [0.29, 0.717) is 13.0 Å². The van der Waals surface area contributed by atoms with Crippen molar-refractivity contribution in [1.29, 1.82) is 0 Å². The summed E-state index contributed by atoms with van der Waals surface area (Å²) in [5.74, 6) is 0.272. The van der Waals surface area contributed by atoms with Gasteiger partial charge in [0.25, 0.3) is 0 Å². The highest BCUT2D eigenvalue weighted by atomic mass is 28.4. The van der Waals surface area contributed by atoms with Crippen LogP contribution in [0.1, 0.15) is 33.6 Å². The highest BCUT2D eigenvalue weighted by molar-refractivity contribution is 6.74. The van der Waals surface area contributed by atoms with Gasteiger partial charge in [-0.3, -0.25) is 4.79 Å². The maximum atomic E-state index is 11.4. The molecule has 3 heteroatoms. The van der Waals surface area contributed by atoms with Crippen molar-refractivity contribution in [2.24, 2.45) is 0 Å². The second-order valence-electron chi connectivity index (χ2n) is 5.74. The number of Topliss-reactive ketones (excluding diaryl/α,β-unsaturated/α-hetero) is 1. The molecular formula is C12H22O2Si. The lowest BCUT2D eigenvalue weighted by Crippen LogP contribution is -2.41. The fraction of sp³-hybridized carbons (Fsp3) is 0.750. The third-order valence-corrected chi connectivity index (χ3v) is 7.99. The Balaban J connectivity index is 2.53. The Labute approximate surface area is 93.8 Å². The highest BCUT2D eigenvalue weighted by Gasteiger charge is 2.37. The molecule has 86 valence electrons. The average molecular weight is 226 g/mol. The second-order valence-corrected chi connectivity index (χ2v) is 10.5. The van der Waals surface area contributed by atoms with Crippen molar-refractivity contribution in [1.82, 2.24) is 0 Å². The van der Waals surface area contributed by atoms with Crippen LogP contribution in [0.2, 0.25) is 18.1 Å². The first kappa shape index (κ1) is 12.7. The Bertz CT molecular complexity index is 284. The minimum absolute atomic E-state index is 0.217. The van der Waals surface area contributed by atoms with Crippen LogP contribution in [0.5, 0.6) is 0 Å². The van der Waals surface area contributed by atoms with Gasteiger partial charge in [0.15, 0.2) is 14.1 Å². The molecule has 0 spiro atoms. The van der Waals surface area contributed by atoms with E-state index in [2.05, 4.69) is 33.9 Å². The molecule has 0 saturated carbocycles. The summed E-state index contributed by atoms with van der Waals surface area (Å²) < 4.78 is 6.00. The van der Waals surface area contributed by atoms with E-state index in [9.17, 15) is 4.79 Å². The zero-order valence-electron chi connectivity index (χ0n) is 10.5. The monoisotopic (exact) mass is 226 g/mol. The van der Waals surface area contributed by atoms with Gasteiger partial charge >= 0.3 is 0 Å². The van der Waals surface area contributed by atoms with Crippen molar-refractivity contribution in [2.45, 2.75) is 51.7 Å². The molecular weight excluding hydrogens is 204 g/mol. The Morgan fingerprint density at radius 1 is 1.40 bits per heavy atom. The van der Waals surface area contributed by atoms with Gasteiger partial charge < -0.3 is 4.43 Å². The molecule has 0 saturated heterocycles. The normalized spacial score (nSPS) is 18.2. The smallest absolute Gasteiger partial charge is 0.192 e. The van der Waals surface area contributed by atoms with Crippen molar-refractivity contribution in [2.75, 3.05) is 6.61 Å². The molecule has 0 atom stereocenters. The van der Waals surface area contributed by atoms with E-state index in [-0.39, 0.29) is 10.8 Å². The number of rotatable bonds is 3. The Hall–Kier alpha value is -0.413. The largest absolute Gasteiger partial charge is 0.412 e. The van der Waals surface area contributed by atoms with Crippen LogP contribution in [0.15, 0.2) is 11.6 Å². The average Bonchev–Trinajstić information content (AvgIpc) is 2.46. The molecule has 0 aliphatic heterocycles. The molecule has 0 fully saturated rings. The first-order chi connectivity index (χ1) is 6.74. The lowest BCUT2D eigenvalue weighted by molar-refractivity contribution is -0.115. The number of allylic oxidation sites excluding steroid dienone is 1. The van der Waals surface area contributed by atoms with E-state index < -0.39 is 8.32 Å². The fourth-order valence-corrected chi connectivity index (χ4v) is 2.22. The quantitative estimate of drug-likeness (QED) is 0.690. The molecule has 1 aliphatic rings. The van der Waals surface area contributed by atoms with Crippen molar-refractivity contribution in [3.63, 3.8) is 0 Å². The number of ketones is 1. The van der Waals surface area contributed by atoms with Gasteiger partial charge in [0.05, 0.1) is 6.61 Å². The van der Waals surface area contributed by atoms with Crippen molar-refractivity contribution in [3.8, 4) is 0 Å². The molecule has 1 aliphatic carbocycles. The summed E-state index contributed by atoms with van der Waals surface area (Å²) in [6, 6.07) is 0. The van der Waals surface area contributed by atoms with E-state index >= 15 is 0 Å². The topological polar surface area (TPSA) is 26.3 Å². The number of carbonyl (C=O) groups is 1. The molecule has 0 aromatic heterocycles. The molecule has 0 aromatic carbocycles. The molecule has 0 bridgehead atoms. The minimum atomic E-state index is -1.70. The van der Waals surface area contributed by atoms with Crippen LogP contribution in [-0.4, -0.2) is 20.7 Å². The molecule has 2 nitrogen and oxygen atoms in total. The number of hydrogen-bond acceptors (Lipinski definition) is 2. The molecule has 15 heavy (non-hydrogen) atoms. The standard InChI is InChI=1S/C12H22O2Si/c1-12(2,3)15(4,5)14-9-10-7-6-8-11(10)13/h7H,6,8-9H2,1-5H3. The third kappa shape index (κ3) is 3.02. The number of hydrogen-bond donors (Lipinski definition) is 0. The van der Waals surface area contributed by atoms with E-state index in [1.54, 1.807) is 0 Å². The summed E-state index contributed by atoms with van der Waals surface area (Å²) >= 11 is 0. The van der Waals surface area contributed by atoms with Gasteiger partial charge in [-0.05, 0) is 24.6 Å². The van der Waals surface area contributed by atoms with E-state index in [1.165, 1.54) is 0 Å². The minimum Gasteiger partial charge on any atom is -0.412 e. The van der Waals surface area contributed by atoms with Crippen LogP contribution in [-0.2, 0) is 9.22 Å². The van der Waals surface area contributed by atoms with Gasteiger partial charge in [-0.25, -0.2) is 0 Å². The lowest BCUT2D eigenvalue weighted by Gasteiger charge is -2.36. The summed E-state index contributed by atoms with van der Waals surface area (Å²) in [5.41, 5.74) is 0.889. The van der Waals surface area contributed by atoms with Crippen LogP contribution in [0.25, 0.3) is 0 Å². The molecule has 0 N–H and O–H groups in total. The van der Waals surface area contributed by atoms with Gasteiger partial charge in [0.2, 0.25) is 0 Å². The van der Waals surface area contributed by atoms with E-state index in [0.717, 1.165) is 12.0 Å². The zero-order valence-corrected chi connectivity index (χ0v) is 11.5.